The molecule has 6 heteroatoms. The van der Waals surface area contributed by atoms with Crippen molar-refractivity contribution in [2.75, 3.05) is 39.3 Å². The molecule has 2 aliphatic rings. The molecule has 0 aromatic carbocycles. The molecule has 0 radical (unpaired) electrons. The molecule has 0 spiro atoms. The van der Waals surface area contributed by atoms with Crippen LogP contribution in [0.25, 0.3) is 0 Å². The smallest absolute Gasteiger partial charge is 0.257 e. The number of aryl methyl sites for hydroxylation is 1. The van der Waals surface area contributed by atoms with Crippen LogP contribution in [0.3, 0.4) is 0 Å². The third kappa shape index (κ3) is 4.63. The van der Waals surface area contributed by atoms with Crippen LogP contribution in [0.2, 0.25) is 0 Å². The van der Waals surface area contributed by atoms with Gasteiger partial charge >= 0.3 is 0 Å². The van der Waals surface area contributed by atoms with Gasteiger partial charge in [0.15, 0.2) is 0 Å². The monoisotopic (exact) mass is 347 g/mol. The van der Waals surface area contributed by atoms with Crippen molar-refractivity contribution in [2.24, 2.45) is 5.92 Å². The van der Waals surface area contributed by atoms with E-state index in [4.69, 9.17) is 4.42 Å². The highest BCUT2D eigenvalue weighted by Crippen LogP contribution is 2.20. The van der Waals surface area contributed by atoms with Gasteiger partial charge in [0.1, 0.15) is 5.76 Å². The number of hydrogen-bond acceptors (Lipinski definition) is 4. The van der Waals surface area contributed by atoms with Gasteiger partial charge in [0.25, 0.3) is 5.91 Å². The highest BCUT2D eigenvalue weighted by atomic mass is 16.3. The molecule has 2 fully saturated rings. The van der Waals surface area contributed by atoms with E-state index in [0.29, 0.717) is 31.0 Å². The van der Waals surface area contributed by atoms with Gasteiger partial charge in [-0.15, -0.1) is 0 Å². The van der Waals surface area contributed by atoms with Gasteiger partial charge in [-0.1, -0.05) is 6.42 Å². The van der Waals surface area contributed by atoms with E-state index in [1.54, 1.807) is 17.9 Å². The topological polar surface area (TPSA) is 65.8 Å². The van der Waals surface area contributed by atoms with Crippen LogP contribution in [0.1, 0.15) is 48.2 Å². The van der Waals surface area contributed by atoms with Gasteiger partial charge in [0.05, 0.1) is 17.7 Å². The Morgan fingerprint density at radius 2 is 2.00 bits per heavy atom. The first kappa shape index (κ1) is 18.0. The fourth-order valence-electron chi connectivity index (χ4n) is 3.82. The molecule has 1 aromatic heterocycles. The maximum atomic E-state index is 12.6. The summed E-state index contributed by atoms with van der Waals surface area (Å²) in [6, 6.07) is 1.71. The number of likely N-dealkylation sites (tertiary alicyclic amines) is 2. The lowest BCUT2D eigenvalue weighted by Crippen LogP contribution is -2.46. The predicted molar refractivity (Wildman–Crippen MR) is 95.4 cm³/mol. The molecule has 2 amide bonds. The van der Waals surface area contributed by atoms with Gasteiger partial charge in [-0.3, -0.25) is 9.59 Å². The quantitative estimate of drug-likeness (QED) is 0.885. The van der Waals surface area contributed by atoms with Gasteiger partial charge in [0, 0.05) is 26.2 Å². The van der Waals surface area contributed by atoms with Crippen LogP contribution in [0, 0.1) is 12.8 Å². The lowest BCUT2D eigenvalue weighted by atomic mass is 9.96. The van der Waals surface area contributed by atoms with Crippen molar-refractivity contribution in [1.29, 1.82) is 0 Å². The van der Waals surface area contributed by atoms with E-state index in [2.05, 4.69) is 10.2 Å². The van der Waals surface area contributed by atoms with Crippen molar-refractivity contribution >= 4 is 11.8 Å². The van der Waals surface area contributed by atoms with E-state index in [9.17, 15) is 9.59 Å². The molecule has 6 nitrogen and oxygen atoms in total. The largest absolute Gasteiger partial charge is 0.469 e. The van der Waals surface area contributed by atoms with Crippen molar-refractivity contribution in [1.82, 2.24) is 15.1 Å². The summed E-state index contributed by atoms with van der Waals surface area (Å²) in [6.45, 7) is 6.92. The number of nitrogens with one attached hydrogen (secondary N) is 1. The van der Waals surface area contributed by atoms with Crippen LogP contribution in [-0.2, 0) is 4.79 Å². The summed E-state index contributed by atoms with van der Waals surface area (Å²) in [6.07, 6.45) is 7.11. The third-order valence-corrected chi connectivity index (χ3v) is 5.34. The zero-order chi connectivity index (χ0) is 17.6. The first-order chi connectivity index (χ1) is 12.1. The summed E-state index contributed by atoms with van der Waals surface area (Å²) in [4.78, 5) is 29.3. The number of rotatable bonds is 5. The molecule has 1 N–H and O–H groups in total. The van der Waals surface area contributed by atoms with Gasteiger partial charge in [-0.05, 0) is 51.8 Å². The molecule has 0 saturated carbocycles. The van der Waals surface area contributed by atoms with Crippen LogP contribution in [-0.4, -0.2) is 60.9 Å². The molecule has 25 heavy (non-hydrogen) atoms. The molecule has 3 rings (SSSR count). The van der Waals surface area contributed by atoms with E-state index in [-0.39, 0.29) is 17.7 Å². The molecule has 0 bridgehead atoms. The highest BCUT2D eigenvalue weighted by molar-refractivity contribution is 5.95. The van der Waals surface area contributed by atoms with Crippen LogP contribution in [0.4, 0.5) is 0 Å². The number of carbonyl (C=O) groups is 2. The maximum absolute atomic E-state index is 12.6. The van der Waals surface area contributed by atoms with E-state index >= 15 is 0 Å². The second-order valence-corrected chi connectivity index (χ2v) is 7.17. The minimum atomic E-state index is -0.105. The Labute approximate surface area is 149 Å². The minimum absolute atomic E-state index is 0.0305. The average molecular weight is 347 g/mol. The molecule has 2 saturated heterocycles. The van der Waals surface area contributed by atoms with Crippen molar-refractivity contribution in [3.05, 3.63) is 23.7 Å². The number of furan rings is 1. The van der Waals surface area contributed by atoms with Crippen molar-refractivity contribution in [2.45, 2.75) is 39.0 Å². The van der Waals surface area contributed by atoms with Gasteiger partial charge in [-0.25, -0.2) is 0 Å². The number of carbonyl (C=O) groups excluding carboxylic acids is 2. The minimum Gasteiger partial charge on any atom is -0.469 e. The molecule has 2 aliphatic heterocycles. The lowest BCUT2D eigenvalue weighted by molar-refractivity contribution is -0.126. The fourth-order valence-corrected chi connectivity index (χ4v) is 3.82. The van der Waals surface area contributed by atoms with Crippen LogP contribution in [0.5, 0.6) is 0 Å². The summed E-state index contributed by atoms with van der Waals surface area (Å²) in [7, 11) is 0. The van der Waals surface area contributed by atoms with Gasteiger partial charge in [0.2, 0.25) is 5.91 Å². The zero-order valence-electron chi connectivity index (χ0n) is 15.1. The molecule has 3 heterocycles. The summed E-state index contributed by atoms with van der Waals surface area (Å²) in [5, 5.41) is 3.07. The van der Waals surface area contributed by atoms with Crippen molar-refractivity contribution in [3.63, 3.8) is 0 Å². The van der Waals surface area contributed by atoms with Gasteiger partial charge < -0.3 is 19.5 Å². The van der Waals surface area contributed by atoms with Crippen LogP contribution < -0.4 is 5.32 Å². The summed E-state index contributed by atoms with van der Waals surface area (Å²) in [5.74, 6) is 0.583. The Balaban J connectivity index is 1.46. The summed E-state index contributed by atoms with van der Waals surface area (Å²) >= 11 is 0. The van der Waals surface area contributed by atoms with Gasteiger partial charge in [-0.2, -0.15) is 0 Å². The van der Waals surface area contributed by atoms with E-state index in [1.807, 2.05) is 0 Å². The molecule has 0 unspecified atom stereocenters. The Kier molecular flexibility index (Phi) is 6.13. The third-order valence-electron chi connectivity index (χ3n) is 5.34. The molecule has 1 aromatic rings. The number of hydrogen-bond donors (Lipinski definition) is 1. The zero-order valence-corrected chi connectivity index (χ0v) is 15.1. The van der Waals surface area contributed by atoms with E-state index in [1.165, 1.54) is 25.5 Å². The molecule has 1 atom stereocenters. The van der Waals surface area contributed by atoms with E-state index < -0.39 is 0 Å². The van der Waals surface area contributed by atoms with Crippen LogP contribution >= 0.6 is 0 Å². The van der Waals surface area contributed by atoms with Crippen molar-refractivity contribution < 1.29 is 14.0 Å². The van der Waals surface area contributed by atoms with Crippen LogP contribution in [0.15, 0.2) is 16.7 Å². The predicted octanol–water partition coefficient (Wildman–Crippen LogP) is 2.04. The fraction of sp³-hybridized carbons (Fsp3) is 0.684. The molecular weight excluding hydrogens is 318 g/mol. The normalized spacial score (nSPS) is 22.0. The number of amides is 2. The Morgan fingerprint density at radius 3 is 2.72 bits per heavy atom. The lowest BCUT2D eigenvalue weighted by Gasteiger charge is -2.32. The maximum Gasteiger partial charge on any atom is 0.257 e. The Morgan fingerprint density at radius 1 is 1.20 bits per heavy atom. The second kappa shape index (κ2) is 8.52. The highest BCUT2D eigenvalue weighted by Gasteiger charge is 2.29. The average Bonchev–Trinajstić information content (AvgIpc) is 3.08. The Bertz CT molecular complexity index is 592. The molecule has 138 valence electrons. The summed E-state index contributed by atoms with van der Waals surface area (Å²) in [5.41, 5.74) is 0.603. The second-order valence-electron chi connectivity index (χ2n) is 7.17. The number of piperidine rings is 2. The molecular formula is C19H29N3O3. The standard InChI is InChI=1S/C19H29N3O3/c1-15-17(7-13-25-15)19(24)22-11-5-6-16(14-22)18(23)20-8-12-21-9-3-2-4-10-21/h7,13,16H,2-6,8-12,14H2,1H3,(H,20,23)/t16-/m0/s1. The first-order valence-corrected chi connectivity index (χ1v) is 9.48. The molecule has 0 aliphatic carbocycles. The van der Waals surface area contributed by atoms with E-state index in [0.717, 1.165) is 32.5 Å². The van der Waals surface area contributed by atoms with Crippen molar-refractivity contribution in [3.8, 4) is 0 Å². The Hall–Kier alpha value is -1.82. The number of nitrogens with zero attached hydrogens (tertiary/aromatic N) is 2. The SMILES string of the molecule is Cc1occc1C(=O)N1CCC[C@H](C(=O)NCCN2CCCCC2)C1. The summed E-state index contributed by atoms with van der Waals surface area (Å²) < 4.78 is 5.23. The first-order valence-electron chi connectivity index (χ1n) is 9.48.